The van der Waals surface area contributed by atoms with Crippen molar-refractivity contribution in [1.29, 1.82) is 0 Å². The summed E-state index contributed by atoms with van der Waals surface area (Å²) >= 11 is 7.42. The van der Waals surface area contributed by atoms with Crippen LogP contribution in [-0.2, 0) is 0 Å². The number of ether oxygens (including phenoxy) is 1. The second-order valence-corrected chi connectivity index (χ2v) is 5.60. The molecule has 0 amide bonds. The van der Waals surface area contributed by atoms with Crippen LogP contribution in [0.4, 0.5) is 0 Å². The minimum absolute atomic E-state index is 0.263. The highest BCUT2D eigenvalue weighted by Crippen LogP contribution is 2.31. The lowest BCUT2D eigenvalue weighted by molar-refractivity contribution is 0.219. The van der Waals surface area contributed by atoms with Crippen molar-refractivity contribution in [3.05, 3.63) is 16.7 Å². The van der Waals surface area contributed by atoms with E-state index in [9.17, 15) is 0 Å². The molecule has 0 N–H and O–H groups in total. The van der Waals surface area contributed by atoms with Crippen LogP contribution in [-0.4, -0.2) is 16.6 Å². The molecule has 0 aromatic carbocycles. The van der Waals surface area contributed by atoms with E-state index in [2.05, 4.69) is 9.97 Å². The van der Waals surface area contributed by atoms with Crippen molar-refractivity contribution in [2.75, 3.05) is 6.61 Å². The van der Waals surface area contributed by atoms with Gasteiger partial charge >= 0.3 is 0 Å². The fourth-order valence-corrected chi connectivity index (χ4v) is 2.98. The van der Waals surface area contributed by atoms with Crippen LogP contribution >= 0.6 is 22.9 Å². The smallest absolute Gasteiger partial charge is 0.227 e. The van der Waals surface area contributed by atoms with E-state index in [0.717, 1.165) is 29.2 Å². The Bertz CT molecular complexity index is 524. The highest BCUT2D eigenvalue weighted by atomic mass is 35.5. The van der Waals surface area contributed by atoms with Gasteiger partial charge < -0.3 is 4.74 Å². The largest absolute Gasteiger partial charge is 0.477 e. The van der Waals surface area contributed by atoms with Crippen molar-refractivity contribution in [3.63, 3.8) is 0 Å². The van der Waals surface area contributed by atoms with Crippen LogP contribution in [0, 0.1) is 5.92 Å². The molecule has 1 aliphatic carbocycles. The van der Waals surface area contributed by atoms with Crippen LogP contribution < -0.4 is 4.74 Å². The lowest BCUT2D eigenvalue weighted by atomic mass is 9.83. The summed E-state index contributed by atoms with van der Waals surface area (Å²) in [5.74, 6) is 1.48. The zero-order valence-corrected chi connectivity index (χ0v) is 10.9. The summed E-state index contributed by atoms with van der Waals surface area (Å²) in [6.07, 6.45) is 5.19. The van der Waals surface area contributed by atoms with Gasteiger partial charge in [-0.3, -0.25) is 0 Å². The average molecular weight is 269 g/mol. The lowest BCUT2D eigenvalue weighted by Crippen LogP contribution is -2.14. The Morgan fingerprint density at radius 2 is 2.29 bits per heavy atom. The third-order valence-electron chi connectivity index (χ3n) is 3.25. The molecule has 2 heterocycles. The van der Waals surface area contributed by atoms with Gasteiger partial charge in [0.2, 0.25) is 11.2 Å². The first-order chi connectivity index (χ1) is 8.33. The highest BCUT2D eigenvalue weighted by molar-refractivity contribution is 7.16. The van der Waals surface area contributed by atoms with Gasteiger partial charge in [0.05, 0.1) is 12.0 Å². The minimum Gasteiger partial charge on any atom is -0.477 e. The van der Waals surface area contributed by atoms with E-state index in [1.54, 1.807) is 11.3 Å². The Morgan fingerprint density at radius 3 is 3.06 bits per heavy atom. The van der Waals surface area contributed by atoms with Crippen LogP contribution in [0.3, 0.4) is 0 Å². The number of fused-ring (bicyclic) bond motifs is 1. The van der Waals surface area contributed by atoms with Crippen molar-refractivity contribution in [1.82, 2.24) is 9.97 Å². The molecule has 0 unspecified atom stereocenters. The predicted octanol–water partition coefficient (Wildman–Crippen LogP) is 3.91. The lowest BCUT2D eigenvalue weighted by Gasteiger charge is -2.24. The average Bonchev–Trinajstić information content (AvgIpc) is 2.69. The number of hydrogen-bond donors (Lipinski definition) is 0. The first-order valence-electron chi connectivity index (χ1n) is 5.86. The summed E-state index contributed by atoms with van der Waals surface area (Å²) in [6.45, 7) is 0.725. The summed E-state index contributed by atoms with van der Waals surface area (Å²) in [4.78, 5) is 9.20. The number of rotatable bonds is 4. The number of halogens is 1. The van der Waals surface area contributed by atoms with Gasteiger partial charge in [-0.15, -0.1) is 11.3 Å². The first kappa shape index (κ1) is 11.2. The van der Waals surface area contributed by atoms with Crippen LogP contribution in [0.5, 0.6) is 5.88 Å². The fraction of sp³-hybridized carbons (Fsp3) is 0.500. The second kappa shape index (κ2) is 4.78. The van der Waals surface area contributed by atoms with Gasteiger partial charge in [0.25, 0.3) is 0 Å². The Kier molecular flexibility index (Phi) is 3.16. The quantitative estimate of drug-likeness (QED) is 0.789. The maximum absolute atomic E-state index is 5.87. The van der Waals surface area contributed by atoms with Crippen molar-refractivity contribution < 1.29 is 4.74 Å². The van der Waals surface area contributed by atoms with Crippen LogP contribution in [0.1, 0.15) is 25.7 Å². The Labute approximate surface area is 109 Å². The monoisotopic (exact) mass is 268 g/mol. The Hall–Kier alpha value is -0.870. The van der Waals surface area contributed by atoms with Gasteiger partial charge in [-0.25, -0.2) is 4.98 Å². The topological polar surface area (TPSA) is 35.0 Å². The first-order valence-corrected chi connectivity index (χ1v) is 7.12. The number of aromatic nitrogens is 2. The molecule has 0 aliphatic heterocycles. The summed E-state index contributed by atoms with van der Waals surface area (Å²) < 4.78 is 5.74. The van der Waals surface area contributed by atoms with E-state index < -0.39 is 0 Å². The summed E-state index contributed by atoms with van der Waals surface area (Å²) in [5.41, 5.74) is 0. The molecule has 0 saturated heterocycles. The molecule has 0 atom stereocenters. The standard InChI is InChI=1S/C12H13ClN2OS/c13-12-14-10(9-5-7-17-11(9)15-12)16-6-4-8-2-1-3-8/h5,7-8H,1-4,6H2. The molecular weight excluding hydrogens is 256 g/mol. The number of thiophene rings is 1. The van der Waals surface area contributed by atoms with E-state index in [1.165, 1.54) is 19.3 Å². The minimum atomic E-state index is 0.263. The van der Waals surface area contributed by atoms with Crippen LogP contribution in [0.25, 0.3) is 10.2 Å². The molecule has 3 rings (SSSR count). The molecule has 1 fully saturated rings. The molecule has 90 valence electrons. The van der Waals surface area contributed by atoms with Gasteiger partial charge in [-0.1, -0.05) is 19.3 Å². The number of nitrogens with zero attached hydrogens (tertiary/aromatic N) is 2. The van der Waals surface area contributed by atoms with Crippen molar-refractivity contribution >= 4 is 33.2 Å². The fourth-order valence-electron chi connectivity index (χ4n) is 2.02. The van der Waals surface area contributed by atoms with E-state index in [4.69, 9.17) is 16.3 Å². The molecule has 0 radical (unpaired) electrons. The molecule has 0 spiro atoms. The Morgan fingerprint density at radius 1 is 1.41 bits per heavy atom. The van der Waals surface area contributed by atoms with Crippen molar-refractivity contribution in [2.24, 2.45) is 5.92 Å². The summed E-state index contributed by atoms with van der Waals surface area (Å²) in [5, 5.41) is 3.21. The van der Waals surface area contributed by atoms with Gasteiger partial charge in [-0.2, -0.15) is 4.98 Å². The maximum Gasteiger partial charge on any atom is 0.227 e. The second-order valence-electron chi connectivity index (χ2n) is 4.37. The van der Waals surface area contributed by atoms with E-state index >= 15 is 0 Å². The molecule has 2 aromatic rings. The van der Waals surface area contributed by atoms with Gasteiger partial charge in [0.1, 0.15) is 4.83 Å². The zero-order valence-electron chi connectivity index (χ0n) is 9.36. The molecule has 1 aliphatic rings. The van der Waals surface area contributed by atoms with E-state index in [1.807, 2.05) is 11.4 Å². The molecule has 17 heavy (non-hydrogen) atoms. The third-order valence-corrected chi connectivity index (χ3v) is 4.23. The summed E-state index contributed by atoms with van der Waals surface area (Å²) in [6, 6.07) is 1.98. The van der Waals surface area contributed by atoms with E-state index in [0.29, 0.717) is 5.88 Å². The maximum atomic E-state index is 5.87. The molecule has 2 aromatic heterocycles. The highest BCUT2D eigenvalue weighted by Gasteiger charge is 2.17. The Balaban J connectivity index is 1.72. The molecule has 1 saturated carbocycles. The van der Waals surface area contributed by atoms with Crippen molar-refractivity contribution in [3.8, 4) is 5.88 Å². The predicted molar refractivity (Wildman–Crippen MR) is 69.9 cm³/mol. The SMILES string of the molecule is Clc1nc(OCCC2CCC2)c2ccsc2n1. The van der Waals surface area contributed by atoms with Gasteiger partial charge in [0.15, 0.2) is 0 Å². The van der Waals surface area contributed by atoms with Gasteiger partial charge in [0, 0.05) is 0 Å². The molecule has 5 heteroatoms. The van der Waals surface area contributed by atoms with Crippen LogP contribution in [0.15, 0.2) is 11.4 Å². The van der Waals surface area contributed by atoms with Gasteiger partial charge in [-0.05, 0) is 35.4 Å². The van der Waals surface area contributed by atoms with Crippen molar-refractivity contribution in [2.45, 2.75) is 25.7 Å². The van der Waals surface area contributed by atoms with Crippen LogP contribution in [0.2, 0.25) is 5.28 Å². The molecular formula is C12H13ClN2OS. The number of hydrogen-bond acceptors (Lipinski definition) is 4. The normalized spacial score (nSPS) is 16.1. The van der Waals surface area contributed by atoms with E-state index in [-0.39, 0.29) is 5.28 Å². The zero-order chi connectivity index (χ0) is 11.7. The molecule has 3 nitrogen and oxygen atoms in total. The third kappa shape index (κ3) is 2.38. The molecule has 0 bridgehead atoms. The summed E-state index contributed by atoms with van der Waals surface area (Å²) in [7, 11) is 0.